The fourth-order valence-electron chi connectivity index (χ4n) is 0.702. The Balaban J connectivity index is 3.02. The van der Waals surface area contributed by atoms with Crippen LogP contribution in [-0.2, 0) is 0 Å². The maximum Gasteiger partial charge on any atom is 0.122 e. The predicted molar refractivity (Wildman–Crippen MR) is 55.8 cm³/mol. The first-order valence-corrected chi connectivity index (χ1v) is 6.23. The van der Waals surface area contributed by atoms with Gasteiger partial charge < -0.3 is 4.74 Å². The molecular weight excluding hydrogens is 235 g/mol. The Hall–Kier alpha value is 0.300. The smallest absolute Gasteiger partial charge is 0.122 e. The van der Waals surface area contributed by atoms with E-state index in [9.17, 15) is 0 Å². The van der Waals surface area contributed by atoms with Crippen molar-refractivity contribution < 1.29 is 4.74 Å². The molecule has 0 aliphatic rings. The molecule has 0 N–H and O–H groups in total. The van der Waals surface area contributed by atoms with Crippen molar-refractivity contribution in [3.05, 3.63) is 25.3 Å². The SMILES string of the molecule is [CH2]Oc1ccc(SCl)c(SCl)c1. The second-order valence-corrected chi connectivity index (χ2v) is 4.02. The summed E-state index contributed by atoms with van der Waals surface area (Å²) in [7, 11) is 16.7. The monoisotopic (exact) mass is 239 g/mol. The van der Waals surface area contributed by atoms with E-state index in [1.807, 2.05) is 6.07 Å². The summed E-state index contributed by atoms with van der Waals surface area (Å²) in [6.45, 7) is 0. The standard InChI is InChI=1S/C7H5Cl2OS2/c1-10-5-2-3-6(11-8)7(4-5)12-9/h2-4H,1H2. The molecule has 0 amide bonds. The Kier molecular flexibility index (Phi) is 4.43. The number of rotatable bonds is 3. The van der Waals surface area contributed by atoms with E-state index in [2.05, 4.69) is 7.11 Å². The van der Waals surface area contributed by atoms with Crippen LogP contribution in [0.4, 0.5) is 0 Å². The highest BCUT2D eigenvalue weighted by atomic mass is 35.7. The third-order valence-electron chi connectivity index (χ3n) is 1.25. The van der Waals surface area contributed by atoms with Gasteiger partial charge >= 0.3 is 0 Å². The molecule has 1 radical (unpaired) electrons. The molecule has 5 heteroatoms. The summed E-state index contributed by atoms with van der Waals surface area (Å²) in [5.74, 6) is 0.674. The van der Waals surface area contributed by atoms with Gasteiger partial charge in [0.25, 0.3) is 0 Å². The molecule has 12 heavy (non-hydrogen) atoms. The Morgan fingerprint density at radius 2 is 1.83 bits per heavy atom. The van der Waals surface area contributed by atoms with Crippen LogP contribution in [0, 0.1) is 7.11 Å². The lowest BCUT2D eigenvalue weighted by Crippen LogP contribution is -1.80. The van der Waals surface area contributed by atoms with E-state index in [1.165, 1.54) is 0 Å². The molecule has 0 fully saturated rings. The van der Waals surface area contributed by atoms with Gasteiger partial charge in [-0.25, -0.2) is 0 Å². The minimum Gasteiger partial charge on any atom is -0.490 e. The molecule has 0 spiro atoms. The molecule has 0 atom stereocenters. The highest BCUT2D eigenvalue weighted by Crippen LogP contribution is 2.37. The summed E-state index contributed by atoms with van der Waals surface area (Å²) in [6.07, 6.45) is 0. The molecule has 0 bridgehead atoms. The molecule has 0 aliphatic carbocycles. The lowest BCUT2D eigenvalue weighted by molar-refractivity contribution is 0.471. The molecule has 0 heterocycles. The minimum absolute atomic E-state index is 0.674. The number of benzene rings is 1. The van der Waals surface area contributed by atoms with Gasteiger partial charge in [-0.3, -0.25) is 0 Å². The van der Waals surface area contributed by atoms with Crippen molar-refractivity contribution in [3.8, 4) is 5.75 Å². The van der Waals surface area contributed by atoms with Gasteiger partial charge in [0.2, 0.25) is 0 Å². The zero-order chi connectivity index (χ0) is 8.97. The fourth-order valence-corrected chi connectivity index (χ4v) is 2.57. The van der Waals surface area contributed by atoms with Crippen LogP contribution in [0.3, 0.4) is 0 Å². The zero-order valence-corrected chi connectivity index (χ0v) is 9.06. The largest absolute Gasteiger partial charge is 0.490 e. The van der Waals surface area contributed by atoms with E-state index in [-0.39, 0.29) is 0 Å². The van der Waals surface area contributed by atoms with E-state index in [1.54, 1.807) is 12.1 Å². The number of halogens is 2. The molecule has 1 nitrogen and oxygen atoms in total. The predicted octanol–water partition coefficient (Wildman–Crippen LogP) is 4.35. The molecule has 1 aromatic carbocycles. The van der Waals surface area contributed by atoms with Crippen molar-refractivity contribution in [2.24, 2.45) is 0 Å². The molecule has 1 aromatic rings. The second-order valence-electron chi connectivity index (χ2n) is 1.91. The van der Waals surface area contributed by atoms with Crippen molar-refractivity contribution in [3.63, 3.8) is 0 Å². The summed E-state index contributed by atoms with van der Waals surface area (Å²) in [4.78, 5) is 1.79. The number of ether oxygens (including phenoxy) is 1. The average molecular weight is 240 g/mol. The quantitative estimate of drug-likeness (QED) is 0.777. The number of hydrogen-bond acceptors (Lipinski definition) is 3. The second kappa shape index (κ2) is 5.12. The van der Waals surface area contributed by atoms with Gasteiger partial charge in [0.1, 0.15) is 12.9 Å². The van der Waals surface area contributed by atoms with Crippen molar-refractivity contribution in [2.75, 3.05) is 0 Å². The summed E-state index contributed by atoms with van der Waals surface area (Å²) in [5, 5.41) is 0. The van der Waals surface area contributed by atoms with Crippen LogP contribution in [-0.4, -0.2) is 0 Å². The van der Waals surface area contributed by atoms with Crippen LogP contribution in [0.25, 0.3) is 0 Å². The first-order chi connectivity index (χ1) is 5.81. The Bertz CT molecular complexity index is 268. The summed E-state index contributed by atoms with van der Waals surface area (Å²) < 4.78 is 4.78. The molecule has 0 aliphatic heterocycles. The molecule has 0 saturated carbocycles. The lowest BCUT2D eigenvalue weighted by Gasteiger charge is -2.04. The highest BCUT2D eigenvalue weighted by molar-refractivity contribution is 8.23. The van der Waals surface area contributed by atoms with E-state index in [4.69, 9.17) is 26.1 Å². The van der Waals surface area contributed by atoms with E-state index in [0.29, 0.717) is 5.75 Å². The van der Waals surface area contributed by atoms with E-state index >= 15 is 0 Å². The van der Waals surface area contributed by atoms with Gasteiger partial charge in [-0.2, -0.15) is 0 Å². The molecule has 0 saturated heterocycles. The maximum absolute atomic E-state index is 5.61. The van der Waals surface area contributed by atoms with Crippen LogP contribution in [0.1, 0.15) is 0 Å². The van der Waals surface area contributed by atoms with Crippen LogP contribution < -0.4 is 4.74 Å². The first-order valence-electron chi connectivity index (χ1n) is 2.95. The molecule has 0 aromatic heterocycles. The molecule has 65 valence electrons. The van der Waals surface area contributed by atoms with Gasteiger partial charge in [-0.05, 0) is 61.5 Å². The van der Waals surface area contributed by atoms with Gasteiger partial charge in [0, 0.05) is 9.79 Å². The summed E-state index contributed by atoms with van der Waals surface area (Å²) in [6, 6.07) is 5.41. The maximum atomic E-state index is 5.61. The molecule has 1 rings (SSSR count). The van der Waals surface area contributed by atoms with Crippen molar-refractivity contribution in [1.29, 1.82) is 0 Å². The summed E-state index contributed by atoms with van der Waals surface area (Å²) >= 11 is 0. The Morgan fingerprint density at radius 1 is 1.17 bits per heavy atom. The Labute approximate surface area is 88.8 Å². The minimum atomic E-state index is 0.674. The third kappa shape index (κ3) is 2.39. The topological polar surface area (TPSA) is 9.23 Å². The van der Waals surface area contributed by atoms with Gasteiger partial charge in [-0.15, -0.1) is 0 Å². The van der Waals surface area contributed by atoms with E-state index < -0.39 is 0 Å². The Morgan fingerprint density at radius 3 is 2.33 bits per heavy atom. The van der Waals surface area contributed by atoms with Gasteiger partial charge in [0.15, 0.2) is 0 Å². The van der Waals surface area contributed by atoms with Crippen molar-refractivity contribution in [2.45, 2.75) is 9.79 Å². The lowest BCUT2D eigenvalue weighted by atomic mass is 10.3. The molecular formula is C7H5Cl2OS2. The van der Waals surface area contributed by atoms with Crippen LogP contribution in [0.15, 0.2) is 28.0 Å². The average Bonchev–Trinajstić information content (AvgIpc) is 2.16. The van der Waals surface area contributed by atoms with Crippen LogP contribution in [0.5, 0.6) is 5.75 Å². The van der Waals surface area contributed by atoms with Crippen molar-refractivity contribution >= 4 is 43.3 Å². The van der Waals surface area contributed by atoms with E-state index in [0.717, 1.165) is 31.7 Å². The third-order valence-corrected chi connectivity index (χ3v) is 3.40. The fraction of sp³-hybridized carbons (Fsp3) is 0. The first kappa shape index (κ1) is 10.4. The normalized spacial score (nSPS) is 9.92. The molecule has 0 unspecified atom stereocenters. The van der Waals surface area contributed by atoms with Crippen molar-refractivity contribution in [1.82, 2.24) is 0 Å². The summed E-state index contributed by atoms with van der Waals surface area (Å²) in [5.41, 5.74) is 0. The van der Waals surface area contributed by atoms with Crippen LogP contribution >= 0.6 is 43.3 Å². The van der Waals surface area contributed by atoms with Crippen LogP contribution in [0.2, 0.25) is 0 Å². The van der Waals surface area contributed by atoms with Gasteiger partial charge in [0.05, 0.1) is 0 Å². The zero-order valence-electron chi connectivity index (χ0n) is 5.92. The number of hydrogen-bond donors (Lipinski definition) is 0. The highest BCUT2D eigenvalue weighted by Gasteiger charge is 2.03. The van der Waals surface area contributed by atoms with Gasteiger partial charge in [-0.1, -0.05) is 0 Å².